The van der Waals surface area contributed by atoms with Crippen LogP contribution in [0.25, 0.3) is 0 Å². The number of aliphatic hydroxyl groups is 1. The molecule has 0 saturated carbocycles. The number of nitrogens with zero attached hydrogens (tertiary/aromatic N) is 2. The van der Waals surface area contributed by atoms with Crippen molar-refractivity contribution < 1.29 is 29.3 Å². The van der Waals surface area contributed by atoms with Gasteiger partial charge in [0.15, 0.2) is 0 Å². The highest BCUT2D eigenvalue weighted by atomic mass is 32.2. The molecule has 0 radical (unpaired) electrons. The minimum atomic E-state index is -0.993. The van der Waals surface area contributed by atoms with E-state index in [1.807, 2.05) is 0 Å². The van der Waals surface area contributed by atoms with Gasteiger partial charge in [-0.05, 0) is 37.1 Å². The topological polar surface area (TPSA) is 107 Å². The highest BCUT2D eigenvalue weighted by molar-refractivity contribution is 8.02. The van der Waals surface area contributed by atoms with Crippen LogP contribution in [0.1, 0.15) is 12.8 Å². The molecule has 166 valence electrons. The fourth-order valence-corrected chi connectivity index (χ4v) is 7.63. The number of carboxylic acid groups (broad SMARTS) is 1. The number of hydrogen-bond acceptors (Lipinski definition) is 6. The van der Waals surface area contributed by atoms with Crippen molar-refractivity contribution in [3.63, 3.8) is 0 Å². The van der Waals surface area contributed by atoms with Crippen LogP contribution >= 0.6 is 11.8 Å². The van der Waals surface area contributed by atoms with Gasteiger partial charge in [0.2, 0.25) is 5.91 Å². The zero-order valence-corrected chi connectivity index (χ0v) is 18.1. The van der Waals surface area contributed by atoms with Crippen molar-refractivity contribution in [1.29, 1.82) is 0 Å². The quantitative estimate of drug-likeness (QED) is 0.581. The molecule has 0 aromatic heterocycles. The fraction of sp³-hybridized carbons (Fsp3) is 0.500. The predicted molar refractivity (Wildman–Crippen MR) is 116 cm³/mol. The molecule has 31 heavy (non-hydrogen) atoms. The molecule has 2 N–H and O–H groups in total. The van der Waals surface area contributed by atoms with E-state index in [-0.39, 0.29) is 36.8 Å². The Balaban J connectivity index is 1.75. The number of carboxylic acids is 1. The summed E-state index contributed by atoms with van der Waals surface area (Å²) in [6.07, 6.45) is 2.88. The van der Waals surface area contributed by atoms with Gasteiger partial charge in [-0.25, -0.2) is 0 Å². The first-order valence-electron chi connectivity index (χ1n) is 10.3. The molecule has 2 amide bonds. The second-order valence-electron chi connectivity index (χ2n) is 8.08. The summed E-state index contributed by atoms with van der Waals surface area (Å²) in [5.41, 5.74) is 0.634. The first-order chi connectivity index (χ1) is 14.9. The van der Waals surface area contributed by atoms with Gasteiger partial charge in [-0.3, -0.25) is 14.4 Å². The number of likely N-dealkylation sites (tertiary alicyclic amines) is 1. The highest BCUT2D eigenvalue weighted by Crippen LogP contribution is 2.66. The molecule has 1 aromatic carbocycles. The molecule has 1 aromatic rings. The molecule has 8 nitrogen and oxygen atoms in total. The van der Waals surface area contributed by atoms with Crippen molar-refractivity contribution in [2.45, 2.75) is 28.9 Å². The lowest BCUT2D eigenvalue weighted by atomic mass is 9.71. The number of amides is 2. The molecule has 3 saturated heterocycles. The third kappa shape index (κ3) is 3.22. The van der Waals surface area contributed by atoms with Gasteiger partial charge in [0, 0.05) is 24.0 Å². The van der Waals surface area contributed by atoms with Gasteiger partial charge in [0.1, 0.15) is 11.8 Å². The van der Waals surface area contributed by atoms with Crippen LogP contribution in [0.15, 0.2) is 36.9 Å². The van der Waals surface area contributed by atoms with Crippen molar-refractivity contribution in [2.24, 2.45) is 11.8 Å². The van der Waals surface area contributed by atoms with Gasteiger partial charge in [-0.15, -0.1) is 18.3 Å². The second-order valence-corrected chi connectivity index (χ2v) is 9.69. The molecule has 3 fully saturated rings. The number of carbonyl (C=O) groups excluding carboxylic acids is 2. The highest BCUT2D eigenvalue weighted by Gasteiger charge is 2.74. The Morgan fingerprint density at radius 3 is 2.68 bits per heavy atom. The summed E-state index contributed by atoms with van der Waals surface area (Å²) in [5.74, 6) is -2.53. The van der Waals surface area contributed by atoms with E-state index in [1.165, 1.54) is 16.7 Å². The van der Waals surface area contributed by atoms with E-state index in [9.17, 15) is 24.6 Å². The zero-order valence-electron chi connectivity index (χ0n) is 17.3. The lowest BCUT2D eigenvalue weighted by Crippen LogP contribution is -2.55. The molecule has 3 aliphatic rings. The van der Waals surface area contributed by atoms with Crippen LogP contribution in [0.3, 0.4) is 0 Å². The summed E-state index contributed by atoms with van der Waals surface area (Å²) in [5, 5.41) is 19.2. The maximum Gasteiger partial charge on any atom is 0.308 e. The number of thioether (sulfide) groups is 1. The van der Waals surface area contributed by atoms with E-state index >= 15 is 0 Å². The fourth-order valence-electron chi connectivity index (χ4n) is 5.42. The number of β-amino-alcohol motifs (C(OH)–C–C–N with tert-alkyl or cyclic N) is 1. The number of rotatable bonds is 8. The van der Waals surface area contributed by atoms with Crippen molar-refractivity contribution in [3.05, 3.63) is 36.9 Å². The van der Waals surface area contributed by atoms with Crippen LogP contribution in [-0.4, -0.2) is 75.7 Å². The Labute approximate surface area is 184 Å². The number of ether oxygens (including phenoxy) is 1. The molecule has 3 aliphatic heterocycles. The number of fused-ring (bicyclic) bond motifs is 1. The molecule has 2 unspecified atom stereocenters. The van der Waals surface area contributed by atoms with Crippen molar-refractivity contribution >= 4 is 35.2 Å². The van der Waals surface area contributed by atoms with Gasteiger partial charge < -0.3 is 24.7 Å². The Kier molecular flexibility index (Phi) is 5.74. The van der Waals surface area contributed by atoms with Crippen LogP contribution in [-0.2, 0) is 14.4 Å². The minimum absolute atomic E-state index is 0.00437. The van der Waals surface area contributed by atoms with E-state index < -0.39 is 28.6 Å². The lowest BCUT2D eigenvalue weighted by molar-refractivity contribution is -0.148. The number of anilines is 1. The predicted octanol–water partition coefficient (Wildman–Crippen LogP) is 1.38. The molecular formula is C22H26N2O6S. The molecule has 3 heterocycles. The third-order valence-corrected chi connectivity index (χ3v) is 8.57. The number of benzene rings is 1. The molecule has 2 bridgehead atoms. The van der Waals surface area contributed by atoms with Gasteiger partial charge >= 0.3 is 5.97 Å². The van der Waals surface area contributed by atoms with Crippen molar-refractivity contribution in [2.75, 3.05) is 31.7 Å². The van der Waals surface area contributed by atoms with E-state index in [2.05, 4.69) is 6.58 Å². The zero-order chi connectivity index (χ0) is 22.3. The first kappa shape index (κ1) is 21.7. The smallest absolute Gasteiger partial charge is 0.308 e. The Bertz CT molecular complexity index is 906. The maximum atomic E-state index is 13.9. The summed E-state index contributed by atoms with van der Waals surface area (Å²) >= 11 is 1.47. The SMILES string of the molecule is C=CCN(C(=O)C1N(CCO)C(=O)[C@@H]2[C@H](C(=O)O)[C@@H]3CCC12S3)c1ccc(OC)cc1. The van der Waals surface area contributed by atoms with Crippen LogP contribution in [0.5, 0.6) is 5.75 Å². The summed E-state index contributed by atoms with van der Waals surface area (Å²) in [7, 11) is 1.56. The molecular weight excluding hydrogens is 420 g/mol. The second kappa shape index (κ2) is 8.20. The van der Waals surface area contributed by atoms with E-state index in [1.54, 1.807) is 42.4 Å². The monoisotopic (exact) mass is 446 g/mol. The Hall–Kier alpha value is -2.52. The number of methoxy groups -OCH3 is 1. The van der Waals surface area contributed by atoms with Gasteiger partial charge in [-0.2, -0.15) is 0 Å². The number of carbonyl (C=O) groups is 3. The summed E-state index contributed by atoms with van der Waals surface area (Å²) < 4.78 is 4.41. The van der Waals surface area contributed by atoms with E-state index in [0.29, 0.717) is 24.3 Å². The molecule has 4 rings (SSSR count). The molecule has 0 aliphatic carbocycles. The molecule has 9 heteroatoms. The Morgan fingerprint density at radius 1 is 1.39 bits per heavy atom. The van der Waals surface area contributed by atoms with Crippen LogP contribution < -0.4 is 9.64 Å². The van der Waals surface area contributed by atoms with Crippen molar-refractivity contribution in [3.8, 4) is 5.75 Å². The first-order valence-corrected chi connectivity index (χ1v) is 11.2. The third-order valence-electron chi connectivity index (χ3n) is 6.62. The minimum Gasteiger partial charge on any atom is -0.497 e. The van der Waals surface area contributed by atoms with Crippen LogP contribution in [0.4, 0.5) is 5.69 Å². The number of hydrogen-bond donors (Lipinski definition) is 2. The van der Waals surface area contributed by atoms with E-state index in [0.717, 1.165) is 0 Å². The number of aliphatic carboxylic acids is 1. The number of aliphatic hydroxyl groups excluding tert-OH is 1. The van der Waals surface area contributed by atoms with Crippen LogP contribution in [0, 0.1) is 11.8 Å². The lowest BCUT2D eigenvalue weighted by Gasteiger charge is -2.37. The van der Waals surface area contributed by atoms with Gasteiger partial charge in [0.25, 0.3) is 5.91 Å². The molecule has 5 atom stereocenters. The summed E-state index contributed by atoms with van der Waals surface area (Å²) in [6.45, 7) is 3.70. The maximum absolute atomic E-state index is 13.9. The standard InChI is InChI=1S/C22H26N2O6S/c1-3-10-23(13-4-6-14(30-2)7-5-13)20(27)18-22-9-8-15(31-22)16(21(28)29)17(22)19(26)24(18)11-12-25/h3-7,15-18,25H,1,8-12H2,2H3,(H,28,29)/t15-,16+,17-,18?,22?/m0/s1. The van der Waals surface area contributed by atoms with Crippen LogP contribution in [0.2, 0.25) is 0 Å². The average Bonchev–Trinajstić information content (AvgIpc) is 3.40. The largest absolute Gasteiger partial charge is 0.497 e. The summed E-state index contributed by atoms with van der Waals surface area (Å²) in [4.78, 5) is 42.2. The average molecular weight is 447 g/mol. The van der Waals surface area contributed by atoms with Gasteiger partial charge in [0.05, 0.1) is 30.3 Å². The normalized spacial score (nSPS) is 30.9. The Morgan fingerprint density at radius 2 is 2.10 bits per heavy atom. The van der Waals surface area contributed by atoms with Crippen molar-refractivity contribution in [1.82, 2.24) is 4.90 Å². The van der Waals surface area contributed by atoms with Gasteiger partial charge in [-0.1, -0.05) is 6.08 Å². The molecule has 1 spiro atoms. The summed E-state index contributed by atoms with van der Waals surface area (Å²) in [6, 6.07) is 6.20. The van der Waals surface area contributed by atoms with E-state index in [4.69, 9.17) is 4.74 Å².